The Kier molecular flexibility index (Phi) is 5.27. The maximum atomic E-state index is 12.4. The van der Waals surface area contributed by atoms with Crippen molar-refractivity contribution in [2.75, 3.05) is 16.7 Å². The van der Waals surface area contributed by atoms with Crippen molar-refractivity contribution < 1.29 is 12.8 Å². The number of anilines is 1. The minimum Gasteiger partial charge on any atom is -0.266 e. The van der Waals surface area contributed by atoms with E-state index in [0.29, 0.717) is 5.69 Å². The lowest BCUT2D eigenvalue weighted by atomic mass is 10.2. The topological polar surface area (TPSA) is 50.3 Å². The molecule has 1 heterocycles. The van der Waals surface area contributed by atoms with E-state index in [4.69, 9.17) is 0 Å². The summed E-state index contributed by atoms with van der Waals surface area (Å²) in [6.07, 6.45) is 3.08. The van der Waals surface area contributed by atoms with Gasteiger partial charge in [-0.15, -0.1) is 0 Å². The fraction of sp³-hybridized carbons (Fsp3) is 0.267. The smallest absolute Gasteiger partial charge is 0.235 e. The van der Waals surface area contributed by atoms with Crippen molar-refractivity contribution in [3.63, 3.8) is 0 Å². The molecule has 0 N–H and O–H groups in total. The van der Waals surface area contributed by atoms with Crippen LogP contribution >= 0.6 is 0 Å². The molecule has 0 atom stereocenters. The number of benzene rings is 1. The Morgan fingerprint density at radius 1 is 1.05 bits per heavy atom. The Morgan fingerprint density at radius 3 is 2.33 bits per heavy atom. The van der Waals surface area contributed by atoms with Gasteiger partial charge in [0, 0.05) is 12.4 Å². The molecule has 2 aromatic rings. The summed E-state index contributed by atoms with van der Waals surface area (Å²) in [5.41, 5.74) is 1.41. The van der Waals surface area contributed by atoms with E-state index in [9.17, 15) is 12.8 Å². The molecule has 0 saturated heterocycles. The van der Waals surface area contributed by atoms with Crippen LogP contribution in [0.2, 0.25) is 0 Å². The van der Waals surface area contributed by atoms with Crippen molar-refractivity contribution in [3.05, 3.63) is 60.4 Å². The summed E-state index contributed by atoms with van der Waals surface area (Å²) >= 11 is 0. The lowest BCUT2D eigenvalue weighted by molar-refractivity contribution is 0.484. The zero-order valence-electron chi connectivity index (χ0n) is 11.5. The van der Waals surface area contributed by atoms with E-state index in [0.717, 1.165) is 5.56 Å². The fourth-order valence-corrected chi connectivity index (χ4v) is 3.44. The predicted molar refractivity (Wildman–Crippen MR) is 81.2 cm³/mol. The summed E-state index contributed by atoms with van der Waals surface area (Å²) < 4.78 is 38.5. The minimum atomic E-state index is -3.57. The van der Waals surface area contributed by atoms with Gasteiger partial charge in [-0.1, -0.05) is 30.3 Å². The monoisotopic (exact) mass is 308 g/mol. The molecular weight excluding hydrogens is 291 g/mol. The first-order valence-electron chi connectivity index (χ1n) is 6.64. The van der Waals surface area contributed by atoms with Crippen molar-refractivity contribution in [2.45, 2.75) is 13.0 Å². The molecule has 0 saturated carbocycles. The summed E-state index contributed by atoms with van der Waals surface area (Å²) in [4.78, 5) is 3.90. The van der Waals surface area contributed by atoms with Gasteiger partial charge in [0.25, 0.3) is 0 Å². The Labute approximate surface area is 124 Å². The summed E-state index contributed by atoms with van der Waals surface area (Å²) in [5, 5.41) is 0. The van der Waals surface area contributed by atoms with Gasteiger partial charge in [0.2, 0.25) is 10.0 Å². The molecule has 0 bridgehead atoms. The van der Waals surface area contributed by atoms with Crippen molar-refractivity contribution >= 4 is 15.7 Å². The van der Waals surface area contributed by atoms with E-state index in [1.165, 1.54) is 16.7 Å². The molecule has 0 amide bonds. The van der Waals surface area contributed by atoms with Crippen molar-refractivity contribution in [2.24, 2.45) is 0 Å². The largest absolute Gasteiger partial charge is 0.266 e. The van der Waals surface area contributed by atoms with Crippen LogP contribution in [0.25, 0.3) is 0 Å². The standard InChI is InChI=1S/C15H17FN2O2S/c16-9-4-12-21(19,20)18(15-7-10-17-11-8-15)13-14-5-2-1-3-6-14/h1-3,5-8,10-11H,4,9,12-13H2. The molecule has 0 aliphatic heterocycles. The summed E-state index contributed by atoms with van der Waals surface area (Å²) in [6.45, 7) is -0.422. The molecule has 4 nitrogen and oxygen atoms in total. The Bertz CT molecular complexity index is 648. The first-order chi connectivity index (χ1) is 10.1. The number of rotatable bonds is 7. The molecule has 0 aliphatic carbocycles. The van der Waals surface area contributed by atoms with Gasteiger partial charge >= 0.3 is 0 Å². The van der Waals surface area contributed by atoms with E-state index >= 15 is 0 Å². The molecule has 21 heavy (non-hydrogen) atoms. The second kappa shape index (κ2) is 7.17. The fourth-order valence-electron chi connectivity index (χ4n) is 1.96. The first kappa shape index (κ1) is 15.4. The summed E-state index contributed by atoms with van der Waals surface area (Å²) in [6, 6.07) is 12.6. The van der Waals surface area contributed by atoms with Gasteiger partial charge in [0.1, 0.15) is 0 Å². The van der Waals surface area contributed by atoms with Crippen LogP contribution in [0.1, 0.15) is 12.0 Å². The average Bonchev–Trinajstić information content (AvgIpc) is 2.52. The molecule has 1 aromatic carbocycles. The normalized spacial score (nSPS) is 11.3. The molecule has 0 aliphatic rings. The lowest BCUT2D eigenvalue weighted by Gasteiger charge is -2.24. The minimum absolute atomic E-state index is 0.00128. The average molecular weight is 308 g/mol. The highest BCUT2D eigenvalue weighted by atomic mass is 32.2. The lowest BCUT2D eigenvalue weighted by Crippen LogP contribution is -2.32. The van der Waals surface area contributed by atoms with Gasteiger partial charge in [-0.25, -0.2) is 8.42 Å². The molecule has 6 heteroatoms. The molecule has 0 unspecified atom stereocenters. The summed E-state index contributed by atoms with van der Waals surface area (Å²) in [7, 11) is -3.57. The van der Waals surface area contributed by atoms with Crippen LogP contribution in [-0.4, -0.2) is 25.8 Å². The number of nitrogens with zero attached hydrogens (tertiary/aromatic N) is 2. The van der Waals surface area contributed by atoms with Crippen LogP contribution in [-0.2, 0) is 16.6 Å². The molecule has 0 spiro atoms. The van der Waals surface area contributed by atoms with Gasteiger partial charge in [-0.2, -0.15) is 0 Å². The molecule has 0 radical (unpaired) electrons. The predicted octanol–water partition coefficient (Wildman–Crippen LogP) is 2.78. The number of hydrogen-bond acceptors (Lipinski definition) is 3. The highest BCUT2D eigenvalue weighted by Crippen LogP contribution is 2.21. The summed E-state index contributed by atoms with van der Waals surface area (Å²) in [5.74, 6) is -0.210. The van der Waals surface area contributed by atoms with Gasteiger partial charge < -0.3 is 0 Å². The highest BCUT2D eigenvalue weighted by molar-refractivity contribution is 7.92. The van der Waals surface area contributed by atoms with Gasteiger partial charge in [-0.3, -0.25) is 13.7 Å². The first-order valence-corrected chi connectivity index (χ1v) is 8.25. The Hall–Kier alpha value is -1.95. The molecule has 2 rings (SSSR count). The number of sulfonamides is 1. The van der Waals surface area contributed by atoms with Crippen molar-refractivity contribution in [1.82, 2.24) is 4.98 Å². The number of alkyl halides is 1. The maximum Gasteiger partial charge on any atom is 0.235 e. The zero-order valence-corrected chi connectivity index (χ0v) is 12.3. The molecular formula is C15H17FN2O2S. The van der Waals surface area contributed by atoms with E-state index in [2.05, 4.69) is 4.98 Å². The SMILES string of the molecule is O=S(=O)(CCCF)N(Cc1ccccc1)c1ccncc1. The van der Waals surface area contributed by atoms with E-state index in [1.54, 1.807) is 12.1 Å². The third-order valence-corrected chi connectivity index (χ3v) is 4.81. The van der Waals surface area contributed by atoms with E-state index in [1.807, 2.05) is 30.3 Å². The quantitative estimate of drug-likeness (QED) is 0.790. The number of aromatic nitrogens is 1. The molecule has 1 aromatic heterocycles. The number of hydrogen-bond donors (Lipinski definition) is 0. The zero-order chi connectivity index (χ0) is 15.1. The molecule has 0 fully saturated rings. The number of pyridine rings is 1. The van der Waals surface area contributed by atoms with Gasteiger partial charge in [0.05, 0.1) is 24.7 Å². The second-order valence-electron chi connectivity index (χ2n) is 4.56. The number of halogens is 1. The van der Waals surface area contributed by atoms with Gasteiger partial charge in [-0.05, 0) is 24.1 Å². The third-order valence-electron chi connectivity index (χ3n) is 2.99. The third kappa shape index (κ3) is 4.26. The van der Waals surface area contributed by atoms with Crippen LogP contribution in [0.4, 0.5) is 10.1 Å². The molecule has 112 valence electrons. The second-order valence-corrected chi connectivity index (χ2v) is 6.57. The van der Waals surface area contributed by atoms with E-state index in [-0.39, 0.29) is 18.7 Å². The Morgan fingerprint density at radius 2 is 1.71 bits per heavy atom. The maximum absolute atomic E-state index is 12.4. The van der Waals surface area contributed by atoms with Crippen LogP contribution < -0.4 is 4.31 Å². The Balaban J connectivity index is 2.31. The van der Waals surface area contributed by atoms with E-state index < -0.39 is 16.7 Å². The van der Waals surface area contributed by atoms with Crippen molar-refractivity contribution in [1.29, 1.82) is 0 Å². The highest BCUT2D eigenvalue weighted by Gasteiger charge is 2.22. The van der Waals surface area contributed by atoms with Crippen LogP contribution in [0.15, 0.2) is 54.9 Å². The van der Waals surface area contributed by atoms with Crippen molar-refractivity contribution in [3.8, 4) is 0 Å². The van der Waals surface area contributed by atoms with Crippen LogP contribution in [0, 0.1) is 0 Å². The van der Waals surface area contributed by atoms with Gasteiger partial charge in [0.15, 0.2) is 0 Å². The van der Waals surface area contributed by atoms with Crippen LogP contribution in [0.5, 0.6) is 0 Å². The van der Waals surface area contributed by atoms with Crippen LogP contribution in [0.3, 0.4) is 0 Å².